The Bertz CT molecular complexity index is 308. The third kappa shape index (κ3) is 3.24. The number of halogens is 5. The van der Waals surface area contributed by atoms with E-state index in [2.05, 4.69) is 4.74 Å². The van der Waals surface area contributed by atoms with E-state index in [9.17, 15) is 30.4 Å². The number of ether oxygens (including phenoxy) is 1. The van der Waals surface area contributed by atoms with Crippen molar-refractivity contribution in [2.75, 3.05) is 6.61 Å². The van der Waals surface area contributed by atoms with Crippen LogP contribution in [-0.4, -0.2) is 37.1 Å². The average molecular weight is 258 g/mol. The van der Waals surface area contributed by atoms with Gasteiger partial charge in [0.25, 0.3) is 0 Å². The molecule has 0 bridgehead atoms. The predicted octanol–water partition coefficient (Wildman–Crippen LogP) is 1.43. The smallest absolute Gasteiger partial charge is 0.363 e. The number of hydrogen-bond donors (Lipinski definition) is 1. The highest BCUT2D eigenvalue weighted by Crippen LogP contribution is 2.37. The summed E-state index contributed by atoms with van der Waals surface area (Å²) in [5, 5.41) is -5.43. The summed E-state index contributed by atoms with van der Waals surface area (Å²) in [5.74, 6) is 0. The zero-order chi connectivity index (χ0) is 12.5. The fourth-order valence-corrected chi connectivity index (χ4v) is 1.16. The van der Waals surface area contributed by atoms with E-state index in [0.29, 0.717) is 0 Å². The summed E-state index contributed by atoms with van der Waals surface area (Å²) in [7, 11) is -6.19. The van der Waals surface area contributed by atoms with Crippen molar-refractivity contribution in [2.45, 2.75) is 24.5 Å². The van der Waals surface area contributed by atoms with Crippen molar-refractivity contribution in [3.8, 4) is 0 Å². The maximum absolute atomic E-state index is 12.6. The molecule has 1 atom stereocenters. The highest BCUT2D eigenvalue weighted by atomic mass is 32.2. The van der Waals surface area contributed by atoms with Crippen molar-refractivity contribution in [3.05, 3.63) is 0 Å². The van der Waals surface area contributed by atoms with Crippen molar-refractivity contribution < 1.29 is 39.7 Å². The van der Waals surface area contributed by atoms with Gasteiger partial charge in [0.2, 0.25) is 6.10 Å². The van der Waals surface area contributed by atoms with Crippen LogP contribution in [-0.2, 0) is 14.9 Å². The minimum atomic E-state index is -6.19. The van der Waals surface area contributed by atoms with Gasteiger partial charge < -0.3 is 4.74 Å². The summed E-state index contributed by atoms with van der Waals surface area (Å²) in [6.45, 7) is 0.189. The van der Waals surface area contributed by atoms with Gasteiger partial charge in [-0.25, -0.2) is 0 Å². The Morgan fingerprint density at radius 2 is 1.67 bits per heavy atom. The Labute approximate surface area is 81.8 Å². The lowest BCUT2D eigenvalue weighted by Crippen LogP contribution is -2.51. The molecular weight excluding hydrogens is 251 g/mol. The van der Waals surface area contributed by atoms with Crippen LogP contribution in [0.1, 0.15) is 6.92 Å². The standard InChI is InChI=1S/C5H7F5O4S/c1-2-14-3(4(6,7)8)5(9,10)15(11,12)13/h3H,2H2,1H3,(H,11,12,13). The quantitative estimate of drug-likeness (QED) is 0.612. The highest BCUT2D eigenvalue weighted by Gasteiger charge is 2.64. The second-order valence-electron chi connectivity index (χ2n) is 2.41. The van der Waals surface area contributed by atoms with Crippen LogP contribution in [0.15, 0.2) is 0 Å². The molecule has 0 aliphatic carbocycles. The predicted molar refractivity (Wildman–Crippen MR) is 38.0 cm³/mol. The second kappa shape index (κ2) is 4.18. The van der Waals surface area contributed by atoms with Crippen LogP contribution in [0.5, 0.6) is 0 Å². The van der Waals surface area contributed by atoms with Crippen LogP contribution in [0.2, 0.25) is 0 Å². The van der Waals surface area contributed by atoms with Crippen molar-refractivity contribution in [1.82, 2.24) is 0 Å². The normalized spacial score (nSPS) is 16.5. The summed E-state index contributed by atoms with van der Waals surface area (Å²) in [6, 6.07) is 0. The van der Waals surface area contributed by atoms with Crippen LogP contribution < -0.4 is 0 Å². The first-order valence-electron chi connectivity index (χ1n) is 3.47. The number of hydrogen-bond acceptors (Lipinski definition) is 3. The molecule has 4 nitrogen and oxygen atoms in total. The van der Waals surface area contributed by atoms with Gasteiger partial charge in [0, 0.05) is 6.61 Å². The average Bonchev–Trinajstić information content (AvgIpc) is 1.95. The first-order valence-corrected chi connectivity index (χ1v) is 4.91. The van der Waals surface area contributed by atoms with Crippen LogP contribution in [0, 0.1) is 0 Å². The van der Waals surface area contributed by atoms with Gasteiger partial charge in [0.1, 0.15) is 0 Å². The molecule has 0 radical (unpaired) electrons. The Balaban J connectivity index is 5.27. The molecule has 0 rings (SSSR count). The number of rotatable bonds is 4. The highest BCUT2D eigenvalue weighted by molar-refractivity contribution is 7.86. The Kier molecular flexibility index (Phi) is 4.05. The third-order valence-electron chi connectivity index (χ3n) is 1.28. The van der Waals surface area contributed by atoms with Crippen molar-refractivity contribution in [3.63, 3.8) is 0 Å². The molecule has 92 valence electrons. The second-order valence-corrected chi connectivity index (χ2v) is 3.91. The molecule has 0 saturated heterocycles. The summed E-state index contributed by atoms with van der Waals surface area (Å²) in [6.07, 6.45) is -9.49. The van der Waals surface area contributed by atoms with Crippen molar-refractivity contribution in [2.24, 2.45) is 0 Å². The lowest BCUT2D eigenvalue weighted by molar-refractivity contribution is -0.263. The van der Waals surface area contributed by atoms with Gasteiger partial charge in [-0.05, 0) is 6.92 Å². The van der Waals surface area contributed by atoms with E-state index in [1.165, 1.54) is 0 Å². The minimum absolute atomic E-state index is 0.782. The number of alkyl halides is 5. The topological polar surface area (TPSA) is 63.6 Å². The molecule has 0 amide bonds. The van der Waals surface area contributed by atoms with Crippen LogP contribution in [0.4, 0.5) is 22.0 Å². The first kappa shape index (κ1) is 14.5. The molecular formula is C5H7F5O4S. The van der Waals surface area contributed by atoms with E-state index in [4.69, 9.17) is 4.55 Å². The van der Waals surface area contributed by atoms with Gasteiger partial charge in [-0.15, -0.1) is 0 Å². The van der Waals surface area contributed by atoms with E-state index in [1.54, 1.807) is 0 Å². The van der Waals surface area contributed by atoms with Gasteiger partial charge in [-0.1, -0.05) is 0 Å². The molecule has 1 N–H and O–H groups in total. The zero-order valence-corrected chi connectivity index (χ0v) is 8.07. The van der Waals surface area contributed by atoms with Crippen molar-refractivity contribution >= 4 is 10.1 Å². The molecule has 0 saturated carbocycles. The molecule has 0 aromatic rings. The summed E-state index contributed by atoms with van der Waals surface area (Å²) >= 11 is 0. The maximum atomic E-state index is 12.6. The minimum Gasteiger partial charge on any atom is -0.363 e. The Morgan fingerprint density at radius 3 is 1.87 bits per heavy atom. The molecule has 0 aromatic heterocycles. The van der Waals surface area contributed by atoms with Gasteiger partial charge in [0.15, 0.2) is 0 Å². The molecule has 0 heterocycles. The SMILES string of the molecule is CCOC(C(F)(F)F)C(F)(F)S(=O)(=O)O. The molecule has 0 aliphatic rings. The van der Waals surface area contributed by atoms with Crippen LogP contribution >= 0.6 is 0 Å². The van der Waals surface area contributed by atoms with Gasteiger partial charge in [0.05, 0.1) is 0 Å². The summed E-state index contributed by atoms with van der Waals surface area (Å²) < 4.78 is 92.7. The van der Waals surface area contributed by atoms with E-state index < -0.39 is 34.3 Å². The molecule has 10 heteroatoms. The van der Waals surface area contributed by atoms with E-state index >= 15 is 0 Å². The first-order chi connectivity index (χ1) is 6.44. The fourth-order valence-electron chi connectivity index (χ4n) is 0.684. The summed E-state index contributed by atoms with van der Waals surface area (Å²) in [5.41, 5.74) is 0. The maximum Gasteiger partial charge on any atom is 0.421 e. The van der Waals surface area contributed by atoms with Gasteiger partial charge >= 0.3 is 21.5 Å². The van der Waals surface area contributed by atoms with E-state index in [0.717, 1.165) is 6.92 Å². The van der Waals surface area contributed by atoms with E-state index in [-0.39, 0.29) is 0 Å². The third-order valence-corrected chi connectivity index (χ3v) is 2.18. The van der Waals surface area contributed by atoms with Crippen molar-refractivity contribution in [1.29, 1.82) is 0 Å². The van der Waals surface area contributed by atoms with Gasteiger partial charge in [-0.3, -0.25) is 4.55 Å². The fraction of sp³-hybridized carbons (Fsp3) is 1.00. The molecule has 15 heavy (non-hydrogen) atoms. The lowest BCUT2D eigenvalue weighted by atomic mass is 10.3. The zero-order valence-electron chi connectivity index (χ0n) is 7.25. The molecule has 0 spiro atoms. The monoisotopic (exact) mass is 258 g/mol. The summed E-state index contributed by atoms with van der Waals surface area (Å²) in [4.78, 5) is 0. The molecule has 1 unspecified atom stereocenters. The van der Waals surface area contributed by atoms with Gasteiger partial charge in [-0.2, -0.15) is 30.4 Å². The van der Waals surface area contributed by atoms with Crippen LogP contribution in [0.25, 0.3) is 0 Å². The lowest BCUT2D eigenvalue weighted by Gasteiger charge is -2.25. The van der Waals surface area contributed by atoms with Crippen LogP contribution in [0.3, 0.4) is 0 Å². The molecule has 0 aromatic carbocycles. The van der Waals surface area contributed by atoms with E-state index in [1.807, 2.05) is 0 Å². The Morgan fingerprint density at radius 1 is 1.27 bits per heavy atom. The Hall–Kier alpha value is -0.480. The molecule has 0 aliphatic heterocycles. The largest absolute Gasteiger partial charge is 0.421 e. The molecule has 0 fully saturated rings.